The standard InChI is InChI=1S/C13H13N3OS/c14-13(18)16-15-12(17)8-9-5-6-10-3-1-2-4-11(10)7-9/h1-7H,8H2,(H,15,17)(H3,14,16,18). The molecular formula is C13H13N3OS. The van der Waals surface area contributed by atoms with E-state index in [9.17, 15) is 4.79 Å². The number of hydrazine groups is 1. The number of rotatable bonds is 2. The molecule has 92 valence electrons. The smallest absolute Gasteiger partial charge is 0.242 e. The lowest BCUT2D eigenvalue weighted by Gasteiger charge is -2.07. The third-order valence-corrected chi connectivity index (χ3v) is 2.61. The van der Waals surface area contributed by atoms with Gasteiger partial charge in [-0.05, 0) is 28.6 Å². The molecule has 0 saturated heterocycles. The van der Waals surface area contributed by atoms with Crippen molar-refractivity contribution in [1.29, 1.82) is 0 Å². The van der Waals surface area contributed by atoms with Gasteiger partial charge in [0.25, 0.3) is 0 Å². The maximum absolute atomic E-state index is 11.6. The van der Waals surface area contributed by atoms with Crippen LogP contribution >= 0.6 is 12.2 Å². The summed E-state index contributed by atoms with van der Waals surface area (Å²) in [4.78, 5) is 11.6. The molecule has 0 aliphatic rings. The summed E-state index contributed by atoms with van der Waals surface area (Å²) in [5.41, 5.74) is 11.0. The largest absolute Gasteiger partial charge is 0.375 e. The number of hydrogen-bond donors (Lipinski definition) is 3. The average molecular weight is 259 g/mol. The lowest BCUT2D eigenvalue weighted by atomic mass is 10.1. The molecule has 2 aromatic rings. The summed E-state index contributed by atoms with van der Waals surface area (Å²) < 4.78 is 0. The van der Waals surface area contributed by atoms with E-state index in [0.717, 1.165) is 16.3 Å². The zero-order chi connectivity index (χ0) is 13.0. The zero-order valence-corrected chi connectivity index (χ0v) is 10.5. The molecule has 5 heteroatoms. The van der Waals surface area contributed by atoms with E-state index >= 15 is 0 Å². The number of carbonyl (C=O) groups excluding carboxylic acids is 1. The molecule has 0 saturated carbocycles. The minimum atomic E-state index is -0.182. The van der Waals surface area contributed by atoms with Crippen LogP contribution in [0.15, 0.2) is 42.5 Å². The number of amides is 1. The van der Waals surface area contributed by atoms with Gasteiger partial charge in [0.05, 0.1) is 6.42 Å². The highest BCUT2D eigenvalue weighted by Crippen LogP contribution is 2.15. The zero-order valence-electron chi connectivity index (χ0n) is 9.64. The van der Waals surface area contributed by atoms with Gasteiger partial charge in [0, 0.05) is 0 Å². The molecule has 1 amide bonds. The second-order valence-corrected chi connectivity index (χ2v) is 4.34. The van der Waals surface area contributed by atoms with Gasteiger partial charge in [-0.2, -0.15) is 0 Å². The monoisotopic (exact) mass is 259 g/mol. The second kappa shape index (κ2) is 5.46. The quantitative estimate of drug-likeness (QED) is 0.561. The molecule has 2 rings (SSSR count). The van der Waals surface area contributed by atoms with Crippen molar-refractivity contribution in [2.75, 3.05) is 0 Å². The lowest BCUT2D eigenvalue weighted by Crippen LogP contribution is -2.44. The maximum Gasteiger partial charge on any atom is 0.242 e. The van der Waals surface area contributed by atoms with Gasteiger partial charge in [-0.25, -0.2) is 0 Å². The van der Waals surface area contributed by atoms with Gasteiger partial charge >= 0.3 is 0 Å². The van der Waals surface area contributed by atoms with Gasteiger partial charge in [-0.3, -0.25) is 15.6 Å². The number of nitrogens with one attached hydrogen (secondary N) is 2. The van der Waals surface area contributed by atoms with Gasteiger partial charge in [-0.15, -0.1) is 0 Å². The van der Waals surface area contributed by atoms with E-state index in [2.05, 4.69) is 23.1 Å². The van der Waals surface area contributed by atoms with Crippen molar-refractivity contribution >= 4 is 34.0 Å². The van der Waals surface area contributed by atoms with E-state index in [-0.39, 0.29) is 17.4 Å². The van der Waals surface area contributed by atoms with E-state index in [1.165, 1.54) is 0 Å². The Morgan fingerprint density at radius 1 is 1.11 bits per heavy atom. The molecule has 0 heterocycles. The summed E-state index contributed by atoms with van der Waals surface area (Å²) in [5, 5.41) is 2.31. The second-order valence-electron chi connectivity index (χ2n) is 3.90. The maximum atomic E-state index is 11.6. The Morgan fingerprint density at radius 2 is 1.83 bits per heavy atom. The molecule has 0 fully saturated rings. The third kappa shape index (κ3) is 3.18. The fourth-order valence-corrected chi connectivity index (χ4v) is 1.76. The van der Waals surface area contributed by atoms with Crippen LogP contribution in [-0.4, -0.2) is 11.0 Å². The Hall–Kier alpha value is -2.14. The summed E-state index contributed by atoms with van der Waals surface area (Å²) in [6, 6.07) is 13.9. The van der Waals surface area contributed by atoms with Crippen molar-refractivity contribution in [1.82, 2.24) is 10.9 Å². The predicted octanol–water partition coefficient (Wildman–Crippen LogP) is 1.25. The third-order valence-electron chi connectivity index (χ3n) is 2.50. The predicted molar refractivity (Wildman–Crippen MR) is 75.7 cm³/mol. The first-order valence-electron chi connectivity index (χ1n) is 5.47. The van der Waals surface area contributed by atoms with Crippen molar-refractivity contribution in [3.05, 3.63) is 48.0 Å². The number of thiocarbonyl (C=S) groups is 1. The molecule has 0 aliphatic heterocycles. The van der Waals surface area contributed by atoms with Crippen LogP contribution in [0.3, 0.4) is 0 Å². The molecule has 4 nitrogen and oxygen atoms in total. The van der Waals surface area contributed by atoms with Gasteiger partial charge in [0.1, 0.15) is 0 Å². The van der Waals surface area contributed by atoms with Gasteiger partial charge in [-0.1, -0.05) is 42.5 Å². The van der Waals surface area contributed by atoms with E-state index in [4.69, 9.17) is 5.73 Å². The molecule has 4 N–H and O–H groups in total. The van der Waals surface area contributed by atoms with Gasteiger partial charge < -0.3 is 5.73 Å². The Bertz CT molecular complexity index is 598. The van der Waals surface area contributed by atoms with Crippen LogP contribution in [0.1, 0.15) is 5.56 Å². The van der Waals surface area contributed by atoms with Crippen LogP contribution in [0.4, 0.5) is 0 Å². The van der Waals surface area contributed by atoms with Crippen LogP contribution in [-0.2, 0) is 11.2 Å². The highest BCUT2D eigenvalue weighted by atomic mass is 32.1. The summed E-state index contributed by atoms with van der Waals surface area (Å²) >= 11 is 4.59. The van der Waals surface area contributed by atoms with Crippen LogP contribution in [0.25, 0.3) is 10.8 Å². The van der Waals surface area contributed by atoms with E-state index in [1.807, 2.05) is 42.5 Å². The number of benzene rings is 2. The van der Waals surface area contributed by atoms with Crippen molar-refractivity contribution < 1.29 is 4.79 Å². The molecule has 0 spiro atoms. The molecule has 18 heavy (non-hydrogen) atoms. The Morgan fingerprint density at radius 3 is 2.56 bits per heavy atom. The minimum Gasteiger partial charge on any atom is -0.375 e. The molecular weight excluding hydrogens is 246 g/mol. The van der Waals surface area contributed by atoms with Crippen LogP contribution in [0, 0.1) is 0 Å². The fourth-order valence-electron chi connectivity index (χ4n) is 1.71. The first-order chi connectivity index (χ1) is 8.65. The number of carbonyl (C=O) groups is 1. The number of hydrogen-bond acceptors (Lipinski definition) is 2. The lowest BCUT2D eigenvalue weighted by molar-refractivity contribution is -0.121. The van der Waals surface area contributed by atoms with Crippen molar-refractivity contribution in [3.8, 4) is 0 Å². The Balaban J connectivity index is 2.07. The Kier molecular flexibility index (Phi) is 3.74. The number of nitrogens with two attached hydrogens (primary N) is 1. The molecule has 0 aliphatic carbocycles. The molecule has 2 aromatic carbocycles. The summed E-state index contributed by atoms with van der Waals surface area (Å²) in [6.07, 6.45) is 0.278. The molecule has 0 unspecified atom stereocenters. The minimum absolute atomic E-state index is 0.0434. The van der Waals surface area contributed by atoms with Crippen molar-refractivity contribution in [2.24, 2.45) is 5.73 Å². The van der Waals surface area contributed by atoms with Crippen LogP contribution in [0.5, 0.6) is 0 Å². The summed E-state index contributed by atoms with van der Waals surface area (Å²) in [5.74, 6) is -0.182. The molecule has 0 bridgehead atoms. The Labute approximate surface area is 110 Å². The number of fused-ring (bicyclic) bond motifs is 1. The highest BCUT2D eigenvalue weighted by molar-refractivity contribution is 7.80. The highest BCUT2D eigenvalue weighted by Gasteiger charge is 2.03. The molecule has 0 atom stereocenters. The normalized spacial score (nSPS) is 10.0. The summed E-state index contributed by atoms with van der Waals surface area (Å²) in [7, 11) is 0. The van der Waals surface area contributed by atoms with E-state index in [0.29, 0.717) is 0 Å². The first-order valence-corrected chi connectivity index (χ1v) is 5.88. The molecule has 0 aromatic heterocycles. The van der Waals surface area contributed by atoms with Crippen LogP contribution < -0.4 is 16.6 Å². The summed E-state index contributed by atoms with van der Waals surface area (Å²) in [6.45, 7) is 0. The van der Waals surface area contributed by atoms with E-state index < -0.39 is 0 Å². The van der Waals surface area contributed by atoms with Gasteiger partial charge in [0.2, 0.25) is 5.91 Å². The van der Waals surface area contributed by atoms with Crippen molar-refractivity contribution in [2.45, 2.75) is 6.42 Å². The van der Waals surface area contributed by atoms with Gasteiger partial charge in [0.15, 0.2) is 5.11 Å². The molecule has 0 radical (unpaired) electrons. The topological polar surface area (TPSA) is 67.2 Å². The van der Waals surface area contributed by atoms with Crippen molar-refractivity contribution in [3.63, 3.8) is 0 Å². The first kappa shape index (κ1) is 12.3. The van der Waals surface area contributed by atoms with Crippen LogP contribution in [0.2, 0.25) is 0 Å². The average Bonchev–Trinajstić information content (AvgIpc) is 2.36. The SMILES string of the molecule is NC(=S)NNC(=O)Cc1ccc2ccccc2c1. The fraction of sp³-hybridized carbons (Fsp3) is 0.0769. The van der Waals surface area contributed by atoms with E-state index in [1.54, 1.807) is 0 Å².